The van der Waals surface area contributed by atoms with E-state index in [4.69, 9.17) is 11.6 Å². The van der Waals surface area contributed by atoms with Gasteiger partial charge in [-0.1, -0.05) is 48.0 Å². The van der Waals surface area contributed by atoms with Gasteiger partial charge in [-0.25, -0.2) is 9.18 Å². The summed E-state index contributed by atoms with van der Waals surface area (Å²) in [7, 11) is 2.86. The van der Waals surface area contributed by atoms with Crippen LogP contribution in [0.15, 0.2) is 58.1 Å². The van der Waals surface area contributed by atoms with E-state index in [0.29, 0.717) is 5.56 Å². The van der Waals surface area contributed by atoms with Gasteiger partial charge in [-0.2, -0.15) is 4.98 Å². The maximum atomic E-state index is 14.5. The van der Waals surface area contributed by atoms with Crippen LogP contribution in [0.4, 0.5) is 10.3 Å². The summed E-state index contributed by atoms with van der Waals surface area (Å²) in [6.07, 6.45) is -0.854. The van der Waals surface area contributed by atoms with E-state index in [-0.39, 0.29) is 40.8 Å². The number of hydrogen-bond acceptors (Lipinski definition) is 5. The molecule has 0 saturated carbocycles. The van der Waals surface area contributed by atoms with Gasteiger partial charge in [0.15, 0.2) is 11.2 Å². The Labute approximate surface area is 187 Å². The molecule has 10 heteroatoms. The molecule has 2 aromatic carbocycles. The molecule has 0 saturated heterocycles. The molecule has 2 N–H and O–H groups in total. The summed E-state index contributed by atoms with van der Waals surface area (Å²) >= 11 is 6.21. The zero-order chi connectivity index (χ0) is 23.0. The van der Waals surface area contributed by atoms with Crippen LogP contribution in [0.1, 0.15) is 17.2 Å². The van der Waals surface area contributed by atoms with Gasteiger partial charge in [0.25, 0.3) is 5.56 Å². The summed E-state index contributed by atoms with van der Waals surface area (Å²) < 4.78 is 18.2. The smallest absolute Gasteiger partial charge is 0.332 e. The van der Waals surface area contributed by atoms with Gasteiger partial charge >= 0.3 is 5.69 Å². The molecule has 0 aliphatic rings. The van der Waals surface area contributed by atoms with Crippen LogP contribution < -0.4 is 16.6 Å². The Bertz CT molecular complexity index is 1390. The molecule has 1 atom stereocenters. The van der Waals surface area contributed by atoms with Crippen molar-refractivity contribution in [2.24, 2.45) is 14.1 Å². The van der Waals surface area contributed by atoms with E-state index in [9.17, 15) is 19.1 Å². The van der Waals surface area contributed by atoms with Gasteiger partial charge in [-0.3, -0.25) is 18.5 Å². The molecule has 2 heterocycles. The quantitative estimate of drug-likeness (QED) is 0.464. The Kier molecular flexibility index (Phi) is 5.86. The Morgan fingerprint density at radius 3 is 2.50 bits per heavy atom. The first-order chi connectivity index (χ1) is 15.3. The molecule has 4 aromatic rings. The van der Waals surface area contributed by atoms with Crippen LogP contribution in [-0.2, 0) is 20.6 Å². The summed E-state index contributed by atoms with van der Waals surface area (Å²) in [5, 5.41) is 13.7. The first-order valence-corrected chi connectivity index (χ1v) is 10.2. The van der Waals surface area contributed by atoms with Crippen LogP contribution in [0.25, 0.3) is 11.2 Å². The third-order valence-corrected chi connectivity index (χ3v) is 5.72. The van der Waals surface area contributed by atoms with Crippen LogP contribution in [0.5, 0.6) is 0 Å². The third-order valence-electron chi connectivity index (χ3n) is 5.36. The molecule has 0 spiro atoms. The van der Waals surface area contributed by atoms with Gasteiger partial charge in [-0.15, -0.1) is 0 Å². The topological polar surface area (TPSA) is 94.1 Å². The molecule has 166 valence electrons. The summed E-state index contributed by atoms with van der Waals surface area (Å²) in [5.41, 5.74) is 0.0266. The van der Waals surface area contributed by atoms with E-state index >= 15 is 0 Å². The zero-order valence-electron chi connectivity index (χ0n) is 17.4. The standard InChI is InChI=1S/C22H21ClFN5O3/c1-27-19-18(20(31)28(2)22(27)32)29(12-14-15(23)9-6-10-16(14)24)21(26-19)25-11-17(30)13-7-4-3-5-8-13/h3-10,17,30H,11-12H2,1-2H3,(H,25,26)/t17-/m0/s1. The van der Waals surface area contributed by atoms with E-state index in [1.807, 2.05) is 18.2 Å². The van der Waals surface area contributed by atoms with E-state index < -0.39 is 23.2 Å². The lowest BCUT2D eigenvalue weighted by atomic mass is 10.1. The number of imidazole rings is 1. The maximum absolute atomic E-state index is 14.5. The molecule has 0 aliphatic heterocycles. The lowest BCUT2D eigenvalue weighted by molar-refractivity contribution is 0.191. The molecule has 8 nitrogen and oxygen atoms in total. The number of fused-ring (bicyclic) bond motifs is 1. The molecule has 0 bridgehead atoms. The Morgan fingerprint density at radius 1 is 1.09 bits per heavy atom. The summed E-state index contributed by atoms with van der Waals surface area (Å²) in [5.74, 6) is -0.330. The van der Waals surface area contributed by atoms with Gasteiger partial charge in [0.1, 0.15) is 5.82 Å². The summed E-state index contributed by atoms with van der Waals surface area (Å²) in [6.45, 7) is -0.0220. The molecule has 4 rings (SSSR count). The fourth-order valence-electron chi connectivity index (χ4n) is 3.56. The number of rotatable bonds is 6. The Hall–Kier alpha value is -3.43. The van der Waals surface area contributed by atoms with E-state index in [0.717, 1.165) is 4.57 Å². The lowest BCUT2D eigenvalue weighted by Crippen LogP contribution is -2.37. The lowest BCUT2D eigenvalue weighted by Gasteiger charge is -2.15. The number of aliphatic hydroxyl groups is 1. The number of nitrogens with one attached hydrogen (secondary N) is 1. The van der Waals surface area contributed by atoms with Crippen LogP contribution >= 0.6 is 11.6 Å². The second-order valence-electron chi connectivity index (χ2n) is 7.41. The molecule has 0 unspecified atom stereocenters. The van der Waals surface area contributed by atoms with Crippen molar-refractivity contribution in [3.8, 4) is 0 Å². The number of benzene rings is 2. The minimum atomic E-state index is -0.854. The zero-order valence-corrected chi connectivity index (χ0v) is 18.2. The van der Waals surface area contributed by atoms with Gasteiger partial charge in [0.2, 0.25) is 5.95 Å². The number of aryl methyl sites for hydroxylation is 1. The number of halogens is 2. The van der Waals surface area contributed by atoms with Gasteiger partial charge in [0, 0.05) is 31.2 Å². The molecule has 0 aliphatic carbocycles. The van der Waals surface area contributed by atoms with Crippen molar-refractivity contribution in [2.75, 3.05) is 11.9 Å². The molecule has 32 heavy (non-hydrogen) atoms. The average molecular weight is 458 g/mol. The van der Waals surface area contributed by atoms with Crippen molar-refractivity contribution < 1.29 is 9.50 Å². The minimum Gasteiger partial charge on any atom is -0.387 e. The molecule has 0 amide bonds. The summed E-state index contributed by atoms with van der Waals surface area (Å²) in [4.78, 5) is 29.7. The number of hydrogen-bond donors (Lipinski definition) is 2. The molecular formula is C22H21ClFN5O3. The average Bonchev–Trinajstić information content (AvgIpc) is 3.16. The largest absolute Gasteiger partial charge is 0.387 e. The number of aromatic nitrogens is 4. The molecule has 0 radical (unpaired) electrons. The van der Waals surface area contributed by atoms with Crippen molar-refractivity contribution in [1.29, 1.82) is 0 Å². The van der Waals surface area contributed by atoms with Crippen molar-refractivity contribution in [1.82, 2.24) is 18.7 Å². The van der Waals surface area contributed by atoms with Crippen LogP contribution in [0.3, 0.4) is 0 Å². The second kappa shape index (κ2) is 8.60. The maximum Gasteiger partial charge on any atom is 0.332 e. The summed E-state index contributed by atoms with van der Waals surface area (Å²) in [6, 6.07) is 13.4. The first-order valence-electron chi connectivity index (χ1n) is 9.85. The fraction of sp³-hybridized carbons (Fsp3) is 0.227. The number of anilines is 1. The van der Waals surface area contributed by atoms with E-state index in [2.05, 4.69) is 10.3 Å². The highest BCUT2D eigenvalue weighted by molar-refractivity contribution is 6.31. The molecule has 0 fully saturated rings. The monoisotopic (exact) mass is 457 g/mol. The first kappa shape index (κ1) is 21.8. The molecular weight excluding hydrogens is 437 g/mol. The van der Waals surface area contributed by atoms with Crippen LogP contribution in [0, 0.1) is 5.82 Å². The highest BCUT2D eigenvalue weighted by Gasteiger charge is 2.21. The van der Waals surface area contributed by atoms with E-state index in [1.165, 1.54) is 35.4 Å². The van der Waals surface area contributed by atoms with Crippen molar-refractivity contribution in [2.45, 2.75) is 12.6 Å². The van der Waals surface area contributed by atoms with Gasteiger partial charge in [-0.05, 0) is 17.7 Å². The minimum absolute atomic E-state index is 0.0760. The van der Waals surface area contributed by atoms with E-state index in [1.54, 1.807) is 18.2 Å². The predicted molar refractivity (Wildman–Crippen MR) is 121 cm³/mol. The van der Waals surface area contributed by atoms with Crippen molar-refractivity contribution in [3.05, 3.63) is 91.3 Å². The SMILES string of the molecule is Cn1c(=O)c2c(nc(NC[C@H](O)c3ccccc3)n2Cc2c(F)cccc2Cl)n(C)c1=O. The van der Waals surface area contributed by atoms with Crippen molar-refractivity contribution in [3.63, 3.8) is 0 Å². The second-order valence-corrected chi connectivity index (χ2v) is 7.81. The van der Waals surface area contributed by atoms with Gasteiger partial charge in [0.05, 0.1) is 12.6 Å². The Balaban J connectivity index is 1.83. The predicted octanol–water partition coefficient (Wildman–Crippen LogP) is 2.42. The number of aliphatic hydroxyl groups excluding tert-OH is 1. The van der Waals surface area contributed by atoms with Crippen LogP contribution in [-0.4, -0.2) is 30.3 Å². The normalized spacial score (nSPS) is 12.3. The third kappa shape index (κ3) is 3.80. The molecule has 2 aromatic heterocycles. The van der Waals surface area contributed by atoms with Gasteiger partial charge < -0.3 is 10.4 Å². The van der Waals surface area contributed by atoms with Crippen LogP contribution in [0.2, 0.25) is 5.02 Å². The highest BCUT2D eigenvalue weighted by Crippen LogP contribution is 2.24. The van der Waals surface area contributed by atoms with Crippen molar-refractivity contribution >= 4 is 28.7 Å². The fourth-order valence-corrected chi connectivity index (χ4v) is 3.78. The highest BCUT2D eigenvalue weighted by atomic mass is 35.5. The Morgan fingerprint density at radius 2 is 1.81 bits per heavy atom. The number of nitrogens with zero attached hydrogens (tertiary/aromatic N) is 4.